The van der Waals surface area contributed by atoms with Crippen molar-refractivity contribution in [2.45, 2.75) is 6.92 Å². The fourth-order valence-electron chi connectivity index (χ4n) is 1.81. The second kappa shape index (κ2) is 4.78. The Balaban J connectivity index is 2.25. The molecule has 3 aromatic heterocycles. The Morgan fingerprint density at radius 1 is 0.889 bits per heavy atom. The van der Waals surface area contributed by atoms with Crippen molar-refractivity contribution in [2.24, 2.45) is 0 Å². The molecule has 0 fully saturated rings. The molecule has 0 saturated carbocycles. The van der Waals surface area contributed by atoms with E-state index in [0.29, 0.717) is 0 Å². The van der Waals surface area contributed by atoms with Crippen LogP contribution in [0.15, 0.2) is 47.2 Å². The predicted molar refractivity (Wildman–Crippen MR) is 84.2 cm³/mol. The Morgan fingerprint density at radius 3 is 1.89 bits per heavy atom. The van der Waals surface area contributed by atoms with Gasteiger partial charge in [0.15, 0.2) is 7.14 Å². The zero-order chi connectivity index (χ0) is 12.6. The lowest BCUT2D eigenvalue weighted by molar-refractivity contribution is 0.593. The van der Waals surface area contributed by atoms with Crippen molar-refractivity contribution >= 4 is 55.0 Å². The fourth-order valence-corrected chi connectivity index (χ4v) is 9.64. The summed E-state index contributed by atoms with van der Waals surface area (Å²) in [5.74, 6) is 0. The fraction of sp³-hybridized carbons (Fsp3) is 0.0769. The first kappa shape index (κ1) is 12.4. The number of hydrogen-bond acceptors (Lipinski definition) is 4. The maximum Gasteiger partial charge on any atom is 0.199 e. The summed E-state index contributed by atoms with van der Waals surface area (Å²) in [7, 11) is -2.60. The van der Waals surface area contributed by atoms with Gasteiger partial charge in [-0.25, -0.2) is 0 Å². The summed E-state index contributed by atoms with van der Waals surface area (Å²) >= 11 is 4.81. The van der Waals surface area contributed by atoms with Gasteiger partial charge in [-0.3, -0.25) is 0 Å². The average Bonchev–Trinajstić information content (AvgIpc) is 3.11. The van der Waals surface area contributed by atoms with Crippen molar-refractivity contribution in [3.05, 3.63) is 52.0 Å². The van der Waals surface area contributed by atoms with Crippen molar-refractivity contribution < 1.29 is 4.57 Å². The van der Waals surface area contributed by atoms with Gasteiger partial charge < -0.3 is 4.57 Å². The monoisotopic (exact) mass is 310 g/mol. The van der Waals surface area contributed by atoms with E-state index < -0.39 is 7.14 Å². The Kier molecular flexibility index (Phi) is 3.29. The minimum Gasteiger partial charge on any atom is -0.306 e. The van der Waals surface area contributed by atoms with Crippen molar-refractivity contribution in [3.8, 4) is 0 Å². The molecule has 0 N–H and O–H groups in total. The lowest BCUT2D eigenvalue weighted by atomic mass is 10.5. The van der Waals surface area contributed by atoms with E-state index in [0.717, 1.165) is 13.9 Å². The highest BCUT2D eigenvalue weighted by molar-refractivity contribution is 7.95. The van der Waals surface area contributed by atoms with Crippen LogP contribution in [-0.2, 0) is 4.57 Å². The molecule has 5 heteroatoms. The second-order valence-electron chi connectivity index (χ2n) is 3.90. The maximum absolute atomic E-state index is 13.6. The molecule has 0 unspecified atom stereocenters. The summed E-state index contributed by atoms with van der Waals surface area (Å²) < 4.78 is 16.5. The van der Waals surface area contributed by atoms with E-state index in [2.05, 4.69) is 6.92 Å². The molecule has 0 aliphatic rings. The molecule has 0 spiro atoms. The van der Waals surface area contributed by atoms with Crippen LogP contribution in [0.3, 0.4) is 0 Å². The highest BCUT2D eigenvalue weighted by Crippen LogP contribution is 2.46. The van der Waals surface area contributed by atoms with Crippen molar-refractivity contribution in [1.82, 2.24) is 0 Å². The number of rotatable bonds is 3. The van der Waals surface area contributed by atoms with Gasteiger partial charge in [0, 0.05) is 4.88 Å². The zero-order valence-electron chi connectivity index (χ0n) is 9.70. The van der Waals surface area contributed by atoms with Crippen LogP contribution in [0.5, 0.6) is 0 Å². The van der Waals surface area contributed by atoms with Gasteiger partial charge >= 0.3 is 0 Å². The van der Waals surface area contributed by atoms with Crippen molar-refractivity contribution in [1.29, 1.82) is 0 Å². The summed E-state index contributed by atoms with van der Waals surface area (Å²) in [6.45, 7) is 2.06. The van der Waals surface area contributed by atoms with Gasteiger partial charge in [-0.2, -0.15) is 0 Å². The summed E-state index contributed by atoms with van der Waals surface area (Å²) in [5.41, 5.74) is 0. The van der Waals surface area contributed by atoms with Crippen LogP contribution in [0, 0.1) is 6.92 Å². The van der Waals surface area contributed by atoms with E-state index in [9.17, 15) is 4.57 Å². The molecule has 0 atom stereocenters. The Morgan fingerprint density at radius 2 is 1.50 bits per heavy atom. The van der Waals surface area contributed by atoms with Gasteiger partial charge in [-0.05, 0) is 41.9 Å². The highest BCUT2D eigenvalue weighted by Gasteiger charge is 2.33. The van der Waals surface area contributed by atoms with Crippen LogP contribution in [0.25, 0.3) is 0 Å². The molecule has 0 aromatic carbocycles. The first-order valence-electron chi connectivity index (χ1n) is 5.46. The third kappa shape index (κ3) is 1.94. The molecule has 3 aromatic rings. The highest BCUT2D eigenvalue weighted by atomic mass is 32.1. The van der Waals surface area contributed by atoms with E-state index in [1.807, 2.05) is 47.2 Å². The third-order valence-corrected chi connectivity index (χ3v) is 10.3. The molecule has 0 aliphatic carbocycles. The van der Waals surface area contributed by atoms with Gasteiger partial charge in [0.05, 0.1) is 13.9 Å². The molecular weight excluding hydrogens is 299 g/mol. The SMILES string of the molecule is Cc1ccc(P(=O)(c2cccs2)c2cccs2)s1. The molecule has 0 bridgehead atoms. The summed E-state index contributed by atoms with van der Waals surface area (Å²) in [6.07, 6.45) is 0. The Labute approximate surface area is 118 Å². The van der Waals surface area contributed by atoms with Crippen LogP contribution >= 0.6 is 41.2 Å². The van der Waals surface area contributed by atoms with Crippen LogP contribution in [0.1, 0.15) is 4.88 Å². The maximum atomic E-state index is 13.6. The molecule has 92 valence electrons. The van der Waals surface area contributed by atoms with Crippen LogP contribution in [0.2, 0.25) is 0 Å². The van der Waals surface area contributed by atoms with Crippen molar-refractivity contribution in [3.63, 3.8) is 0 Å². The lowest BCUT2D eigenvalue weighted by Gasteiger charge is -2.13. The zero-order valence-corrected chi connectivity index (χ0v) is 13.0. The molecule has 18 heavy (non-hydrogen) atoms. The molecular formula is C13H11OPS3. The van der Waals surface area contributed by atoms with E-state index in [1.165, 1.54) is 4.88 Å². The van der Waals surface area contributed by atoms with Gasteiger partial charge in [-0.1, -0.05) is 12.1 Å². The predicted octanol–water partition coefficient (Wildman–Crippen LogP) is 3.82. The number of thiophene rings is 3. The van der Waals surface area contributed by atoms with E-state index >= 15 is 0 Å². The third-order valence-electron chi connectivity index (χ3n) is 2.67. The molecule has 0 amide bonds. The van der Waals surface area contributed by atoms with Gasteiger partial charge in [0.25, 0.3) is 0 Å². The largest absolute Gasteiger partial charge is 0.306 e. The van der Waals surface area contributed by atoms with Crippen LogP contribution in [0.4, 0.5) is 0 Å². The standard InChI is InChI=1S/C13H11OPS3/c1-10-6-7-13(18-10)15(14,11-4-2-8-16-11)12-5-3-9-17-12/h2-9H,1H3. The molecule has 0 saturated heterocycles. The quantitative estimate of drug-likeness (QED) is 0.672. The molecule has 3 heterocycles. The topological polar surface area (TPSA) is 17.1 Å². The van der Waals surface area contributed by atoms with Crippen LogP contribution in [-0.4, -0.2) is 0 Å². The first-order chi connectivity index (χ1) is 8.71. The Hall–Kier alpha value is -0.670. The second-order valence-corrected chi connectivity index (χ2v) is 10.7. The normalized spacial score (nSPS) is 11.8. The summed E-state index contributed by atoms with van der Waals surface area (Å²) in [6, 6.07) is 12.0. The lowest BCUT2D eigenvalue weighted by Crippen LogP contribution is -2.18. The molecule has 0 radical (unpaired) electrons. The van der Waals surface area contributed by atoms with Gasteiger partial charge in [-0.15, -0.1) is 34.0 Å². The minimum atomic E-state index is -2.60. The Bertz CT molecular complexity index is 641. The van der Waals surface area contributed by atoms with E-state index in [-0.39, 0.29) is 0 Å². The smallest absolute Gasteiger partial charge is 0.199 e. The number of hydrogen-bond donors (Lipinski definition) is 0. The van der Waals surface area contributed by atoms with E-state index in [1.54, 1.807) is 34.0 Å². The van der Waals surface area contributed by atoms with Gasteiger partial charge in [0.1, 0.15) is 0 Å². The van der Waals surface area contributed by atoms with Crippen LogP contribution < -0.4 is 13.9 Å². The van der Waals surface area contributed by atoms with Gasteiger partial charge in [0.2, 0.25) is 0 Å². The summed E-state index contributed by atoms with van der Waals surface area (Å²) in [5, 5.41) is 3.99. The average molecular weight is 310 g/mol. The molecule has 3 rings (SSSR count). The molecule has 0 aliphatic heterocycles. The first-order valence-corrected chi connectivity index (χ1v) is 9.75. The van der Waals surface area contributed by atoms with Crippen molar-refractivity contribution in [2.75, 3.05) is 0 Å². The molecule has 1 nitrogen and oxygen atoms in total. The van der Waals surface area contributed by atoms with E-state index in [4.69, 9.17) is 0 Å². The summed E-state index contributed by atoms with van der Waals surface area (Å²) in [4.78, 5) is 1.21. The number of aryl methyl sites for hydroxylation is 1. The minimum absolute atomic E-state index is 0.979.